The zero-order valence-electron chi connectivity index (χ0n) is 9.63. The average molecular weight is 284 g/mol. The summed E-state index contributed by atoms with van der Waals surface area (Å²) >= 11 is 3.52. The van der Waals surface area contributed by atoms with E-state index in [0.29, 0.717) is 12.5 Å². The van der Waals surface area contributed by atoms with Crippen molar-refractivity contribution in [1.82, 2.24) is 5.32 Å². The summed E-state index contributed by atoms with van der Waals surface area (Å²) in [7, 11) is 1.75. The Hall–Kier alpha value is -0.380. The van der Waals surface area contributed by atoms with E-state index in [4.69, 9.17) is 4.74 Å². The Kier molecular flexibility index (Phi) is 4.38. The van der Waals surface area contributed by atoms with Crippen LogP contribution in [0.2, 0.25) is 0 Å². The molecule has 2 rings (SSSR count). The van der Waals surface area contributed by atoms with Gasteiger partial charge in [-0.15, -0.1) is 0 Å². The third-order valence-corrected chi connectivity index (χ3v) is 3.63. The van der Waals surface area contributed by atoms with Gasteiger partial charge in [-0.25, -0.2) is 0 Å². The van der Waals surface area contributed by atoms with Gasteiger partial charge in [-0.3, -0.25) is 0 Å². The Bertz CT molecular complexity index is 348. The molecule has 0 amide bonds. The maximum absolute atomic E-state index is 5.27. The summed E-state index contributed by atoms with van der Waals surface area (Å²) in [6, 6.07) is 6.53. The molecule has 0 radical (unpaired) electrons. The Morgan fingerprint density at radius 1 is 1.50 bits per heavy atom. The first-order valence-electron chi connectivity index (χ1n) is 5.79. The highest BCUT2D eigenvalue weighted by Gasteiger charge is 2.18. The zero-order valence-corrected chi connectivity index (χ0v) is 11.2. The normalized spacial score (nSPS) is 21.0. The predicted octanol–water partition coefficient (Wildman–Crippen LogP) is 3.06. The third kappa shape index (κ3) is 2.84. The van der Waals surface area contributed by atoms with Gasteiger partial charge in [0.25, 0.3) is 0 Å². The van der Waals surface area contributed by atoms with Crippen LogP contribution in [-0.4, -0.2) is 20.2 Å². The van der Waals surface area contributed by atoms with E-state index in [9.17, 15) is 0 Å². The highest BCUT2D eigenvalue weighted by atomic mass is 79.9. The molecule has 1 heterocycles. The minimum Gasteiger partial charge on any atom is -0.380 e. The molecule has 3 heteroatoms. The third-order valence-electron chi connectivity index (χ3n) is 3.14. The largest absolute Gasteiger partial charge is 0.380 e. The van der Waals surface area contributed by atoms with Crippen molar-refractivity contribution in [2.45, 2.75) is 25.4 Å². The van der Waals surface area contributed by atoms with Crippen LogP contribution in [0.5, 0.6) is 0 Å². The number of methoxy groups -OCH3 is 1. The molecular formula is C13H18BrNO. The van der Waals surface area contributed by atoms with Crippen molar-refractivity contribution in [3.63, 3.8) is 0 Å². The van der Waals surface area contributed by atoms with Crippen molar-refractivity contribution in [2.24, 2.45) is 0 Å². The number of nitrogens with one attached hydrogen (secondary N) is 1. The van der Waals surface area contributed by atoms with E-state index in [2.05, 4.69) is 39.4 Å². The van der Waals surface area contributed by atoms with Crippen LogP contribution < -0.4 is 5.32 Å². The van der Waals surface area contributed by atoms with Crippen molar-refractivity contribution >= 4 is 15.9 Å². The molecule has 1 aliphatic rings. The Balaban J connectivity index is 2.23. The smallest absolute Gasteiger partial charge is 0.0716 e. The van der Waals surface area contributed by atoms with Gasteiger partial charge in [0, 0.05) is 18.1 Å². The Labute approximate surface area is 106 Å². The average Bonchev–Trinajstić information content (AvgIpc) is 2.31. The number of piperidine rings is 1. The maximum Gasteiger partial charge on any atom is 0.0716 e. The quantitative estimate of drug-likeness (QED) is 0.921. The molecule has 16 heavy (non-hydrogen) atoms. The SMILES string of the molecule is COCc1cc(Br)ccc1C1CCCNC1. The van der Waals surface area contributed by atoms with Crippen molar-refractivity contribution in [2.75, 3.05) is 20.2 Å². The van der Waals surface area contributed by atoms with E-state index >= 15 is 0 Å². The lowest BCUT2D eigenvalue weighted by atomic mass is 9.88. The summed E-state index contributed by atoms with van der Waals surface area (Å²) in [6.07, 6.45) is 2.55. The summed E-state index contributed by atoms with van der Waals surface area (Å²) in [4.78, 5) is 0. The number of benzene rings is 1. The summed E-state index contributed by atoms with van der Waals surface area (Å²) < 4.78 is 6.40. The van der Waals surface area contributed by atoms with Crippen LogP contribution in [0.3, 0.4) is 0 Å². The second-order valence-corrected chi connectivity index (χ2v) is 5.24. The van der Waals surface area contributed by atoms with Crippen LogP contribution >= 0.6 is 15.9 Å². The Morgan fingerprint density at radius 2 is 2.38 bits per heavy atom. The van der Waals surface area contributed by atoms with Gasteiger partial charge < -0.3 is 10.1 Å². The molecular weight excluding hydrogens is 266 g/mol. The second-order valence-electron chi connectivity index (χ2n) is 4.32. The molecule has 1 atom stereocenters. The van der Waals surface area contributed by atoms with E-state index in [0.717, 1.165) is 17.6 Å². The van der Waals surface area contributed by atoms with Crippen LogP contribution in [0.15, 0.2) is 22.7 Å². The fourth-order valence-corrected chi connectivity index (χ4v) is 2.78. The molecule has 1 saturated heterocycles. The van der Waals surface area contributed by atoms with Crippen LogP contribution in [-0.2, 0) is 11.3 Å². The molecule has 0 aromatic heterocycles. The van der Waals surface area contributed by atoms with E-state index in [1.807, 2.05) is 0 Å². The van der Waals surface area contributed by atoms with Gasteiger partial charge in [0.15, 0.2) is 0 Å². The fourth-order valence-electron chi connectivity index (χ4n) is 2.37. The molecule has 0 aliphatic carbocycles. The van der Waals surface area contributed by atoms with Crippen LogP contribution in [0.4, 0.5) is 0 Å². The highest BCUT2D eigenvalue weighted by molar-refractivity contribution is 9.10. The summed E-state index contributed by atoms with van der Waals surface area (Å²) in [6.45, 7) is 2.95. The molecule has 0 spiro atoms. The molecule has 0 bridgehead atoms. The van der Waals surface area contributed by atoms with Gasteiger partial charge in [0.05, 0.1) is 6.61 Å². The zero-order chi connectivity index (χ0) is 11.4. The van der Waals surface area contributed by atoms with Gasteiger partial charge in [-0.1, -0.05) is 22.0 Å². The van der Waals surface area contributed by atoms with E-state index in [1.54, 1.807) is 7.11 Å². The van der Waals surface area contributed by atoms with Crippen molar-refractivity contribution in [3.8, 4) is 0 Å². The lowest BCUT2D eigenvalue weighted by molar-refractivity contribution is 0.183. The Morgan fingerprint density at radius 3 is 3.06 bits per heavy atom. The maximum atomic E-state index is 5.27. The summed E-state index contributed by atoms with van der Waals surface area (Å²) in [5, 5.41) is 3.46. The van der Waals surface area contributed by atoms with Crippen molar-refractivity contribution in [1.29, 1.82) is 0 Å². The number of ether oxygens (including phenoxy) is 1. The number of rotatable bonds is 3. The first-order chi connectivity index (χ1) is 7.81. The molecule has 1 aromatic carbocycles. The molecule has 1 aliphatic heterocycles. The van der Waals surface area contributed by atoms with Crippen LogP contribution in [0.1, 0.15) is 29.9 Å². The van der Waals surface area contributed by atoms with Crippen LogP contribution in [0.25, 0.3) is 0 Å². The summed E-state index contributed by atoms with van der Waals surface area (Å²) in [5.41, 5.74) is 2.75. The molecule has 1 fully saturated rings. The molecule has 1 aromatic rings. The van der Waals surface area contributed by atoms with Crippen molar-refractivity contribution < 1.29 is 4.74 Å². The first kappa shape index (κ1) is 12.1. The van der Waals surface area contributed by atoms with Crippen LogP contribution in [0, 0.1) is 0 Å². The predicted molar refractivity (Wildman–Crippen MR) is 69.7 cm³/mol. The number of hydrogen-bond donors (Lipinski definition) is 1. The first-order valence-corrected chi connectivity index (χ1v) is 6.58. The minimum absolute atomic E-state index is 0.645. The standard InChI is InChI=1S/C13H18BrNO/c1-16-9-11-7-12(14)4-5-13(11)10-3-2-6-15-8-10/h4-5,7,10,15H,2-3,6,8-9H2,1H3. The van der Waals surface area contributed by atoms with Gasteiger partial charge in [0.1, 0.15) is 0 Å². The van der Waals surface area contributed by atoms with Gasteiger partial charge in [-0.05, 0) is 48.6 Å². The van der Waals surface area contributed by atoms with E-state index in [1.165, 1.54) is 24.0 Å². The molecule has 88 valence electrons. The lowest BCUT2D eigenvalue weighted by Crippen LogP contribution is -2.28. The van der Waals surface area contributed by atoms with E-state index < -0.39 is 0 Å². The molecule has 1 N–H and O–H groups in total. The van der Waals surface area contributed by atoms with E-state index in [-0.39, 0.29) is 0 Å². The monoisotopic (exact) mass is 283 g/mol. The lowest BCUT2D eigenvalue weighted by Gasteiger charge is -2.25. The van der Waals surface area contributed by atoms with Gasteiger partial charge >= 0.3 is 0 Å². The second kappa shape index (κ2) is 5.80. The molecule has 2 nitrogen and oxygen atoms in total. The molecule has 0 saturated carbocycles. The number of halogens is 1. The topological polar surface area (TPSA) is 21.3 Å². The number of hydrogen-bond acceptors (Lipinski definition) is 2. The molecule has 1 unspecified atom stereocenters. The van der Waals surface area contributed by atoms with Gasteiger partial charge in [0.2, 0.25) is 0 Å². The highest BCUT2D eigenvalue weighted by Crippen LogP contribution is 2.28. The fraction of sp³-hybridized carbons (Fsp3) is 0.538. The van der Waals surface area contributed by atoms with Gasteiger partial charge in [-0.2, -0.15) is 0 Å². The minimum atomic E-state index is 0.645. The summed E-state index contributed by atoms with van der Waals surface area (Å²) in [5.74, 6) is 0.645. The van der Waals surface area contributed by atoms with Crippen molar-refractivity contribution in [3.05, 3.63) is 33.8 Å².